The van der Waals surface area contributed by atoms with Crippen LogP contribution in [0.25, 0.3) is 5.65 Å². The van der Waals surface area contributed by atoms with Gasteiger partial charge in [-0.05, 0) is 43.9 Å². The summed E-state index contributed by atoms with van der Waals surface area (Å²) in [7, 11) is 0. The van der Waals surface area contributed by atoms with Crippen molar-refractivity contribution in [3.63, 3.8) is 0 Å². The predicted molar refractivity (Wildman–Crippen MR) is 98.1 cm³/mol. The van der Waals surface area contributed by atoms with Gasteiger partial charge in [0.2, 0.25) is 0 Å². The largest absolute Gasteiger partial charge is 0.299 e. The number of nitrogens with zero attached hydrogens (tertiary/aromatic N) is 4. The molecule has 4 nitrogen and oxygen atoms in total. The van der Waals surface area contributed by atoms with Crippen molar-refractivity contribution in [1.29, 1.82) is 0 Å². The molecular formula is C18H21BrN4. The number of rotatable bonds is 4. The molecule has 0 saturated heterocycles. The molecule has 3 rings (SSSR count). The average molecular weight is 373 g/mol. The first-order chi connectivity index (χ1) is 11.0. The fraction of sp³-hybridized carbons (Fsp3) is 0.333. The molecule has 0 amide bonds. The van der Waals surface area contributed by atoms with E-state index in [1.807, 2.05) is 23.2 Å². The second-order valence-electron chi connectivity index (χ2n) is 5.84. The Balaban J connectivity index is 1.95. The highest BCUT2D eigenvalue weighted by atomic mass is 79.9. The van der Waals surface area contributed by atoms with Crippen LogP contribution in [0.5, 0.6) is 0 Å². The summed E-state index contributed by atoms with van der Waals surface area (Å²) in [6.07, 6.45) is 4.88. The second-order valence-corrected chi connectivity index (χ2v) is 6.70. The molecule has 2 heterocycles. The first-order valence-corrected chi connectivity index (χ1v) is 8.54. The van der Waals surface area contributed by atoms with Gasteiger partial charge < -0.3 is 0 Å². The molecule has 1 aromatic carbocycles. The Labute approximate surface area is 145 Å². The van der Waals surface area contributed by atoms with Crippen LogP contribution in [0.4, 0.5) is 5.82 Å². The van der Waals surface area contributed by atoms with Gasteiger partial charge in [0.25, 0.3) is 0 Å². The lowest BCUT2D eigenvalue weighted by Gasteiger charge is -2.19. The number of hydrogen-bond donors (Lipinski definition) is 0. The molecule has 0 aliphatic rings. The van der Waals surface area contributed by atoms with E-state index in [2.05, 4.69) is 69.5 Å². The second kappa shape index (κ2) is 6.32. The fourth-order valence-corrected chi connectivity index (χ4v) is 3.28. The molecule has 2 aromatic heterocycles. The minimum absolute atomic E-state index is 0.779. The lowest BCUT2D eigenvalue weighted by molar-refractivity contribution is 0.957. The molecule has 5 heteroatoms. The van der Waals surface area contributed by atoms with Gasteiger partial charge in [0.05, 0.1) is 40.8 Å². The Morgan fingerprint density at radius 3 is 2.74 bits per heavy atom. The van der Waals surface area contributed by atoms with Gasteiger partial charge in [0.15, 0.2) is 11.5 Å². The van der Waals surface area contributed by atoms with E-state index in [1.54, 1.807) is 0 Å². The van der Waals surface area contributed by atoms with Gasteiger partial charge in [-0.1, -0.05) is 25.1 Å². The number of hydrogen-bond acceptors (Lipinski definition) is 3. The van der Waals surface area contributed by atoms with Crippen molar-refractivity contribution in [2.75, 3.05) is 3.93 Å². The van der Waals surface area contributed by atoms with Crippen molar-refractivity contribution in [3.05, 3.63) is 58.7 Å². The molecule has 23 heavy (non-hydrogen) atoms. The van der Waals surface area contributed by atoms with Crippen molar-refractivity contribution < 1.29 is 0 Å². The lowest BCUT2D eigenvalue weighted by atomic mass is 10.00. The molecular weight excluding hydrogens is 352 g/mol. The minimum atomic E-state index is 0.779. The van der Waals surface area contributed by atoms with Gasteiger partial charge in [-0.25, -0.2) is 9.97 Å². The van der Waals surface area contributed by atoms with E-state index in [0.29, 0.717) is 0 Å². The first kappa shape index (κ1) is 16.0. The summed E-state index contributed by atoms with van der Waals surface area (Å²) in [6, 6.07) is 6.48. The van der Waals surface area contributed by atoms with Crippen LogP contribution in [0, 0.1) is 20.8 Å². The molecule has 0 atom stereocenters. The Kier molecular flexibility index (Phi) is 4.39. The number of anilines is 1. The van der Waals surface area contributed by atoms with Crippen molar-refractivity contribution in [1.82, 2.24) is 14.4 Å². The van der Waals surface area contributed by atoms with Gasteiger partial charge in [-0.2, -0.15) is 0 Å². The zero-order chi connectivity index (χ0) is 16.6. The maximum absolute atomic E-state index is 4.54. The zero-order valence-electron chi connectivity index (χ0n) is 14.0. The first-order valence-electron chi connectivity index (χ1n) is 7.83. The average Bonchev–Trinajstić information content (AvgIpc) is 2.83. The van der Waals surface area contributed by atoms with Crippen LogP contribution in [0.2, 0.25) is 0 Å². The van der Waals surface area contributed by atoms with Gasteiger partial charge >= 0.3 is 0 Å². The van der Waals surface area contributed by atoms with E-state index >= 15 is 0 Å². The highest BCUT2D eigenvalue weighted by molar-refractivity contribution is 9.10. The van der Waals surface area contributed by atoms with Crippen molar-refractivity contribution >= 4 is 27.6 Å². The fourth-order valence-electron chi connectivity index (χ4n) is 2.85. The van der Waals surface area contributed by atoms with Crippen LogP contribution in [0.15, 0.2) is 30.6 Å². The number of fused-ring (bicyclic) bond motifs is 1. The summed E-state index contributed by atoms with van der Waals surface area (Å²) in [5.41, 5.74) is 7.11. The maximum atomic E-state index is 4.54. The SMILES string of the molecule is CCc1cccc(C)c1CN(Br)c1cn2c(C)c(C)nc2cn1. The third-order valence-electron chi connectivity index (χ3n) is 4.40. The van der Waals surface area contributed by atoms with Crippen LogP contribution in [-0.4, -0.2) is 14.4 Å². The molecule has 0 N–H and O–H groups in total. The van der Waals surface area contributed by atoms with Gasteiger partial charge in [-0.3, -0.25) is 8.33 Å². The summed E-state index contributed by atoms with van der Waals surface area (Å²) in [5, 5.41) is 0. The number of imidazole rings is 1. The Bertz CT molecular complexity index is 854. The van der Waals surface area contributed by atoms with Crippen LogP contribution >= 0.6 is 16.1 Å². The zero-order valence-corrected chi connectivity index (χ0v) is 15.6. The molecule has 0 fully saturated rings. The van der Waals surface area contributed by atoms with Crippen LogP contribution < -0.4 is 3.93 Å². The smallest absolute Gasteiger partial charge is 0.155 e. The third kappa shape index (κ3) is 2.98. The summed E-state index contributed by atoms with van der Waals surface area (Å²) in [6.45, 7) is 9.23. The molecule has 0 aliphatic heterocycles. The molecule has 0 unspecified atom stereocenters. The number of halogens is 1. The molecule has 120 valence electrons. The Morgan fingerprint density at radius 1 is 1.22 bits per heavy atom. The van der Waals surface area contributed by atoms with Gasteiger partial charge in [0.1, 0.15) is 0 Å². The topological polar surface area (TPSA) is 33.4 Å². The van der Waals surface area contributed by atoms with E-state index in [-0.39, 0.29) is 0 Å². The van der Waals surface area contributed by atoms with Crippen LogP contribution in [0.1, 0.15) is 35.0 Å². The van der Waals surface area contributed by atoms with E-state index in [0.717, 1.165) is 35.8 Å². The standard InChI is InChI=1S/C18H21BrN4/c1-5-15-8-6-7-12(2)16(15)10-23(19)18-11-22-14(4)13(3)21-17(22)9-20-18/h6-9,11H,5,10H2,1-4H3. The summed E-state index contributed by atoms with van der Waals surface area (Å²) >= 11 is 3.67. The molecule has 0 saturated carbocycles. The van der Waals surface area contributed by atoms with E-state index in [1.165, 1.54) is 16.7 Å². The summed E-state index contributed by atoms with van der Waals surface area (Å²) in [5.74, 6) is 0.878. The highest BCUT2D eigenvalue weighted by Gasteiger charge is 2.13. The van der Waals surface area contributed by atoms with Crippen LogP contribution in [-0.2, 0) is 13.0 Å². The summed E-state index contributed by atoms with van der Waals surface area (Å²) < 4.78 is 4.10. The molecule has 0 bridgehead atoms. The Morgan fingerprint density at radius 2 is 2.00 bits per heavy atom. The van der Waals surface area contributed by atoms with Crippen molar-refractivity contribution in [3.8, 4) is 0 Å². The normalized spacial score (nSPS) is 11.2. The van der Waals surface area contributed by atoms with Gasteiger partial charge in [-0.15, -0.1) is 0 Å². The predicted octanol–water partition coefficient (Wildman–Crippen LogP) is 4.53. The molecule has 0 aliphatic carbocycles. The number of benzene rings is 1. The molecule has 3 aromatic rings. The quantitative estimate of drug-likeness (QED) is 0.630. The number of aryl methyl sites for hydroxylation is 4. The molecule has 0 radical (unpaired) electrons. The van der Waals surface area contributed by atoms with Crippen molar-refractivity contribution in [2.45, 2.75) is 40.7 Å². The van der Waals surface area contributed by atoms with Crippen LogP contribution in [0.3, 0.4) is 0 Å². The monoisotopic (exact) mass is 372 g/mol. The molecule has 0 spiro atoms. The van der Waals surface area contributed by atoms with Gasteiger partial charge in [0, 0.05) is 5.69 Å². The summed E-state index contributed by atoms with van der Waals surface area (Å²) in [4.78, 5) is 9.04. The van der Waals surface area contributed by atoms with E-state index < -0.39 is 0 Å². The minimum Gasteiger partial charge on any atom is -0.299 e. The van der Waals surface area contributed by atoms with E-state index in [9.17, 15) is 0 Å². The van der Waals surface area contributed by atoms with Crippen molar-refractivity contribution in [2.24, 2.45) is 0 Å². The third-order valence-corrected chi connectivity index (χ3v) is 5.02. The lowest BCUT2D eigenvalue weighted by Crippen LogP contribution is -2.14. The highest BCUT2D eigenvalue weighted by Crippen LogP contribution is 2.24. The Hall–Kier alpha value is -1.88. The maximum Gasteiger partial charge on any atom is 0.155 e. The van der Waals surface area contributed by atoms with E-state index in [4.69, 9.17) is 0 Å². The number of aromatic nitrogens is 3.